The fourth-order valence-electron chi connectivity index (χ4n) is 3.14. The van der Waals surface area contributed by atoms with E-state index < -0.39 is 6.10 Å². The van der Waals surface area contributed by atoms with Crippen LogP contribution in [0.15, 0.2) is 47.8 Å². The molecule has 2 unspecified atom stereocenters. The van der Waals surface area contributed by atoms with Gasteiger partial charge < -0.3 is 10.0 Å². The number of likely N-dealkylation sites (tertiary alicyclic amines) is 1. The molecule has 2 aromatic rings. The number of aliphatic hydroxyl groups excluding tert-OH is 1. The van der Waals surface area contributed by atoms with Gasteiger partial charge in [0.2, 0.25) is 5.91 Å². The lowest BCUT2D eigenvalue weighted by Gasteiger charge is -2.26. The van der Waals surface area contributed by atoms with Crippen molar-refractivity contribution in [1.82, 2.24) is 4.90 Å². The molecule has 1 aliphatic heterocycles. The molecule has 3 rings (SSSR count). The van der Waals surface area contributed by atoms with E-state index in [1.807, 2.05) is 52.7 Å². The predicted octanol–water partition coefficient (Wildman–Crippen LogP) is 3.41. The SMILES string of the molecule is O=C(Cc1cccs1)N1CCCC1CC(O)c1ccccc1. The summed E-state index contributed by atoms with van der Waals surface area (Å²) in [6.45, 7) is 0.816. The average molecular weight is 315 g/mol. The van der Waals surface area contributed by atoms with Gasteiger partial charge >= 0.3 is 0 Å². The van der Waals surface area contributed by atoms with E-state index in [-0.39, 0.29) is 11.9 Å². The Morgan fingerprint density at radius 2 is 2.09 bits per heavy atom. The third-order valence-corrected chi connectivity index (χ3v) is 5.16. The molecule has 1 aliphatic rings. The Balaban J connectivity index is 1.62. The van der Waals surface area contributed by atoms with Gasteiger partial charge in [0.1, 0.15) is 0 Å². The second kappa shape index (κ2) is 7.07. The molecule has 1 N–H and O–H groups in total. The topological polar surface area (TPSA) is 40.5 Å². The van der Waals surface area contributed by atoms with Crippen molar-refractivity contribution < 1.29 is 9.90 Å². The molecule has 1 aromatic carbocycles. The van der Waals surface area contributed by atoms with E-state index in [0.717, 1.165) is 29.8 Å². The van der Waals surface area contributed by atoms with Crippen LogP contribution in [-0.4, -0.2) is 28.5 Å². The summed E-state index contributed by atoms with van der Waals surface area (Å²) in [5.41, 5.74) is 0.931. The molecular weight excluding hydrogens is 294 g/mol. The lowest BCUT2D eigenvalue weighted by atomic mass is 10.0. The molecule has 2 atom stereocenters. The first-order valence-corrected chi connectivity index (χ1v) is 8.67. The number of nitrogens with zero attached hydrogens (tertiary/aromatic N) is 1. The standard InChI is InChI=1S/C18H21NO2S/c20-17(14-6-2-1-3-7-14)12-15-8-4-10-19(15)18(21)13-16-9-5-11-22-16/h1-3,5-7,9,11,15,17,20H,4,8,10,12-13H2. The molecule has 1 fully saturated rings. The van der Waals surface area contributed by atoms with Gasteiger partial charge in [0.15, 0.2) is 0 Å². The first-order valence-electron chi connectivity index (χ1n) is 7.79. The third-order valence-electron chi connectivity index (χ3n) is 4.28. The minimum Gasteiger partial charge on any atom is -0.388 e. The van der Waals surface area contributed by atoms with Gasteiger partial charge in [-0.3, -0.25) is 4.79 Å². The van der Waals surface area contributed by atoms with Crippen molar-refractivity contribution in [3.05, 3.63) is 58.3 Å². The van der Waals surface area contributed by atoms with Gasteiger partial charge in [0, 0.05) is 17.5 Å². The monoisotopic (exact) mass is 315 g/mol. The Labute approximate surface area is 135 Å². The second-order valence-corrected chi connectivity index (χ2v) is 6.83. The average Bonchev–Trinajstić information content (AvgIpc) is 3.19. The lowest BCUT2D eigenvalue weighted by molar-refractivity contribution is -0.131. The van der Waals surface area contributed by atoms with E-state index >= 15 is 0 Å². The maximum atomic E-state index is 12.5. The van der Waals surface area contributed by atoms with E-state index in [0.29, 0.717) is 12.8 Å². The summed E-state index contributed by atoms with van der Waals surface area (Å²) in [6, 6.07) is 13.8. The van der Waals surface area contributed by atoms with Gasteiger partial charge in [-0.05, 0) is 36.3 Å². The molecule has 22 heavy (non-hydrogen) atoms. The summed E-state index contributed by atoms with van der Waals surface area (Å²) in [7, 11) is 0. The molecule has 1 aromatic heterocycles. The molecule has 4 heteroatoms. The van der Waals surface area contributed by atoms with Crippen molar-refractivity contribution in [2.75, 3.05) is 6.54 Å². The van der Waals surface area contributed by atoms with Crippen molar-refractivity contribution in [1.29, 1.82) is 0 Å². The number of carbonyl (C=O) groups is 1. The number of thiophene rings is 1. The Morgan fingerprint density at radius 3 is 2.82 bits per heavy atom. The number of rotatable bonds is 5. The highest BCUT2D eigenvalue weighted by Crippen LogP contribution is 2.28. The van der Waals surface area contributed by atoms with Crippen LogP contribution in [0.5, 0.6) is 0 Å². The van der Waals surface area contributed by atoms with Crippen LogP contribution in [0.3, 0.4) is 0 Å². The fraction of sp³-hybridized carbons (Fsp3) is 0.389. The summed E-state index contributed by atoms with van der Waals surface area (Å²) in [5.74, 6) is 0.185. The molecule has 1 saturated heterocycles. The zero-order valence-electron chi connectivity index (χ0n) is 12.5. The number of carbonyl (C=O) groups excluding carboxylic acids is 1. The van der Waals surface area contributed by atoms with E-state index in [1.165, 1.54) is 0 Å². The Morgan fingerprint density at radius 1 is 1.27 bits per heavy atom. The maximum Gasteiger partial charge on any atom is 0.228 e. The summed E-state index contributed by atoms with van der Waals surface area (Å²) >= 11 is 1.63. The molecular formula is C18H21NO2S. The van der Waals surface area contributed by atoms with Crippen molar-refractivity contribution >= 4 is 17.2 Å². The van der Waals surface area contributed by atoms with Crippen molar-refractivity contribution in [3.63, 3.8) is 0 Å². The molecule has 3 nitrogen and oxygen atoms in total. The number of hydrogen-bond acceptors (Lipinski definition) is 3. The minimum atomic E-state index is -0.499. The van der Waals surface area contributed by atoms with E-state index in [4.69, 9.17) is 0 Å². The Hall–Kier alpha value is -1.65. The first-order chi connectivity index (χ1) is 10.7. The van der Waals surface area contributed by atoms with Crippen LogP contribution in [0.4, 0.5) is 0 Å². The summed E-state index contributed by atoms with van der Waals surface area (Å²) in [5, 5.41) is 12.4. The van der Waals surface area contributed by atoms with Gasteiger partial charge in [0.25, 0.3) is 0 Å². The first kappa shape index (κ1) is 15.3. The normalized spacial score (nSPS) is 19.3. The van der Waals surface area contributed by atoms with Crippen LogP contribution in [0.1, 0.15) is 35.8 Å². The van der Waals surface area contributed by atoms with Crippen LogP contribution in [0.2, 0.25) is 0 Å². The van der Waals surface area contributed by atoms with E-state index in [2.05, 4.69) is 0 Å². The third kappa shape index (κ3) is 3.57. The van der Waals surface area contributed by atoms with Crippen LogP contribution in [0, 0.1) is 0 Å². The predicted molar refractivity (Wildman–Crippen MR) is 88.8 cm³/mol. The van der Waals surface area contributed by atoms with Gasteiger partial charge in [-0.1, -0.05) is 36.4 Å². The highest BCUT2D eigenvalue weighted by molar-refractivity contribution is 7.10. The molecule has 0 aliphatic carbocycles. The maximum absolute atomic E-state index is 12.5. The molecule has 0 bridgehead atoms. The molecule has 0 radical (unpaired) electrons. The zero-order chi connectivity index (χ0) is 15.4. The van der Waals surface area contributed by atoms with Crippen molar-refractivity contribution in [2.45, 2.75) is 37.8 Å². The van der Waals surface area contributed by atoms with Gasteiger partial charge in [-0.2, -0.15) is 0 Å². The molecule has 116 valence electrons. The summed E-state index contributed by atoms with van der Waals surface area (Å²) in [6.07, 6.45) is 2.62. The Bertz CT molecular complexity index is 597. The highest BCUT2D eigenvalue weighted by atomic mass is 32.1. The number of hydrogen-bond donors (Lipinski definition) is 1. The molecule has 2 heterocycles. The fourth-order valence-corrected chi connectivity index (χ4v) is 3.84. The lowest BCUT2D eigenvalue weighted by Crippen LogP contribution is -2.37. The van der Waals surface area contributed by atoms with Crippen LogP contribution in [0.25, 0.3) is 0 Å². The number of amides is 1. The largest absolute Gasteiger partial charge is 0.388 e. The quantitative estimate of drug-likeness (QED) is 0.918. The van der Waals surface area contributed by atoms with Crippen molar-refractivity contribution in [2.24, 2.45) is 0 Å². The van der Waals surface area contributed by atoms with Crippen LogP contribution in [-0.2, 0) is 11.2 Å². The van der Waals surface area contributed by atoms with E-state index in [1.54, 1.807) is 11.3 Å². The van der Waals surface area contributed by atoms with Gasteiger partial charge in [0.05, 0.1) is 12.5 Å². The van der Waals surface area contributed by atoms with Gasteiger partial charge in [-0.25, -0.2) is 0 Å². The van der Waals surface area contributed by atoms with Gasteiger partial charge in [-0.15, -0.1) is 11.3 Å². The highest BCUT2D eigenvalue weighted by Gasteiger charge is 2.30. The zero-order valence-corrected chi connectivity index (χ0v) is 13.3. The smallest absolute Gasteiger partial charge is 0.228 e. The van der Waals surface area contributed by atoms with Crippen LogP contribution >= 0.6 is 11.3 Å². The van der Waals surface area contributed by atoms with E-state index in [9.17, 15) is 9.90 Å². The minimum absolute atomic E-state index is 0.155. The van der Waals surface area contributed by atoms with Crippen molar-refractivity contribution in [3.8, 4) is 0 Å². The number of benzene rings is 1. The van der Waals surface area contributed by atoms with Crippen LogP contribution < -0.4 is 0 Å². The summed E-state index contributed by atoms with van der Waals surface area (Å²) < 4.78 is 0. The summed E-state index contributed by atoms with van der Waals surface area (Å²) in [4.78, 5) is 15.6. The second-order valence-electron chi connectivity index (χ2n) is 5.80. The Kier molecular flexibility index (Phi) is 4.90. The molecule has 1 amide bonds. The molecule has 0 spiro atoms. The molecule has 0 saturated carbocycles. The number of aliphatic hydroxyl groups is 1.